The van der Waals surface area contributed by atoms with E-state index in [0.717, 1.165) is 38.3 Å². The molecule has 4 nitrogen and oxygen atoms in total. The Morgan fingerprint density at radius 2 is 1.41 bits per heavy atom. The van der Waals surface area contributed by atoms with Crippen LogP contribution in [0.1, 0.15) is 52.4 Å². The Morgan fingerprint density at radius 1 is 0.955 bits per heavy atom. The van der Waals surface area contributed by atoms with Crippen LogP contribution in [0.25, 0.3) is 0 Å². The van der Waals surface area contributed by atoms with Crippen molar-refractivity contribution in [2.45, 2.75) is 64.6 Å². The van der Waals surface area contributed by atoms with Gasteiger partial charge in [0.1, 0.15) is 16.6 Å². The molecule has 2 aliphatic heterocycles. The lowest BCUT2D eigenvalue weighted by Crippen LogP contribution is -2.35. The number of hydrogen-bond donors (Lipinski definition) is 0. The average Bonchev–Trinajstić information content (AvgIpc) is 2.59. The molecule has 0 radical (unpaired) electrons. The van der Waals surface area contributed by atoms with Crippen molar-refractivity contribution in [3.05, 3.63) is 0 Å². The van der Waals surface area contributed by atoms with Crippen LogP contribution in [0.2, 0.25) is 0 Å². The Bertz CT molecular complexity index is 371. The molecular weight excluding hydrogens is 354 g/mol. The van der Waals surface area contributed by atoms with Crippen LogP contribution in [0.15, 0.2) is 0 Å². The van der Waals surface area contributed by atoms with Gasteiger partial charge in [-0.25, -0.2) is 0 Å². The molecule has 3 rings (SSSR count). The van der Waals surface area contributed by atoms with Gasteiger partial charge in [0.2, 0.25) is 0 Å². The van der Waals surface area contributed by atoms with Gasteiger partial charge in [0, 0.05) is 35.2 Å². The maximum Gasteiger partial charge on any atom is 0.116 e. The quantitative estimate of drug-likeness (QED) is 0.675. The van der Waals surface area contributed by atoms with E-state index >= 15 is 0 Å². The molecule has 22 heavy (non-hydrogen) atoms. The summed E-state index contributed by atoms with van der Waals surface area (Å²) in [6.45, 7) is 6.63. The van der Waals surface area contributed by atoms with Gasteiger partial charge in [-0.1, -0.05) is 26.7 Å². The Morgan fingerprint density at radius 3 is 1.82 bits per heavy atom. The molecule has 1 saturated carbocycles. The van der Waals surface area contributed by atoms with E-state index in [1.807, 2.05) is 0 Å². The molecule has 0 N–H and O–H groups in total. The van der Waals surface area contributed by atoms with E-state index in [0.29, 0.717) is 12.2 Å². The normalized spacial score (nSPS) is 40.7. The highest BCUT2D eigenvalue weighted by Gasteiger charge is 2.42. The third-order valence-electron chi connectivity index (χ3n) is 4.33. The summed E-state index contributed by atoms with van der Waals surface area (Å²) in [5, 5.41) is 0. The van der Waals surface area contributed by atoms with Crippen molar-refractivity contribution >= 4 is 37.6 Å². The summed E-state index contributed by atoms with van der Waals surface area (Å²) in [7, 11) is -1.31. The third-order valence-corrected chi connectivity index (χ3v) is 13.2. The van der Waals surface area contributed by atoms with Crippen LogP contribution < -0.4 is 0 Å². The standard InChI is InChI=1S/C14H28N2O2P2S2/c1-3-9-15-19-11-12-20(16(10-4-2)22(15)21)18-14-8-6-5-7-13(14)17-19/h13-14H,3-12H2,1-2H3/t13-,14+,19?,20?,22?. The fraction of sp³-hybridized carbons (Fsp3) is 1.00. The van der Waals surface area contributed by atoms with Crippen LogP contribution in [-0.2, 0) is 30.1 Å². The molecule has 0 spiro atoms. The molecule has 3 aliphatic rings. The molecule has 3 unspecified atom stereocenters. The average molecular weight is 382 g/mol. The highest BCUT2D eigenvalue weighted by atomic mass is 32.8. The van der Waals surface area contributed by atoms with Crippen molar-refractivity contribution in [2.75, 3.05) is 25.4 Å². The van der Waals surface area contributed by atoms with Crippen LogP contribution in [0.4, 0.5) is 0 Å². The van der Waals surface area contributed by atoms with Crippen molar-refractivity contribution in [3.8, 4) is 0 Å². The van der Waals surface area contributed by atoms with E-state index in [-0.39, 0.29) is 9.83 Å². The molecule has 2 heterocycles. The summed E-state index contributed by atoms with van der Waals surface area (Å²) < 4.78 is 18.3. The first-order valence-corrected chi connectivity index (χ1v) is 13.5. The second-order valence-corrected chi connectivity index (χ2v) is 12.6. The number of fused-ring (bicyclic) bond motifs is 4. The number of rotatable bonds is 4. The maximum absolute atomic E-state index is 6.61. The first-order chi connectivity index (χ1) is 10.7. The lowest BCUT2D eigenvalue weighted by Gasteiger charge is -2.38. The summed E-state index contributed by atoms with van der Waals surface area (Å²) in [4.78, 5) is 0. The predicted octanol–water partition coefficient (Wildman–Crippen LogP) is 4.32. The second-order valence-electron chi connectivity index (χ2n) is 6.11. The van der Waals surface area contributed by atoms with Crippen LogP contribution in [0.3, 0.4) is 0 Å². The van der Waals surface area contributed by atoms with E-state index in [9.17, 15) is 0 Å². The zero-order valence-corrected chi connectivity index (χ0v) is 17.1. The van der Waals surface area contributed by atoms with Crippen LogP contribution in [-0.4, -0.2) is 45.8 Å². The Hall–Kier alpha value is 1.27. The summed E-state index contributed by atoms with van der Waals surface area (Å²) in [5.74, 6) is 0. The monoisotopic (exact) mass is 382 g/mol. The lowest BCUT2D eigenvalue weighted by molar-refractivity contribution is 0.0315. The molecule has 1 aliphatic carbocycles. The SMILES string of the molecule is CCCN1P2CCP(O[C@@H]3CCCC[C@@H]3O2)N(CCC)S1=S. The summed E-state index contributed by atoms with van der Waals surface area (Å²) >= 11 is 5.98. The molecule has 2 saturated heterocycles. The molecular formula is C14H28N2O2P2S2. The highest BCUT2D eigenvalue weighted by Crippen LogP contribution is 2.59. The Kier molecular flexibility index (Phi) is 7.05. The second kappa shape index (κ2) is 8.58. The van der Waals surface area contributed by atoms with Gasteiger partial charge in [-0.2, -0.15) is 8.15 Å². The molecule has 0 aromatic rings. The molecule has 3 fully saturated rings. The molecule has 8 heteroatoms. The molecule has 128 valence electrons. The highest BCUT2D eigenvalue weighted by molar-refractivity contribution is 8.29. The van der Waals surface area contributed by atoms with Gasteiger partial charge in [-0.15, -0.1) is 0 Å². The number of hydrogen-bond acceptors (Lipinski definition) is 3. The van der Waals surface area contributed by atoms with Crippen LogP contribution >= 0.6 is 16.6 Å². The van der Waals surface area contributed by atoms with Crippen LogP contribution in [0.5, 0.6) is 0 Å². The first kappa shape index (κ1) is 18.1. The zero-order chi connectivity index (χ0) is 15.5. The van der Waals surface area contributed by atoms with Crippen LogP contribution in [0, 0.1) is 0 Å². The van der Waals surface area contributed by atoms with Gasteiger partial charge in [-0.05, 0) is 36.9 Å². The molecule has 5 atom stereocenters. The molecule has 2 bridgehead atoms. The summed E-state index contributed by atoms with van der Waals surface area (Å²) in [5.41, 5.74) is 0. The smallest absolute Gasteiger partial charge is 0.116 e. The predicted molar refractivity (Wildman–Crippen MR) is 101 cm³/mol. The number of nitrogens with zero attached hydrogens (tertiary/aromatic N) is 2. The minimum absolute atomic E-state index is 0.259. The van der Waals surface area contributed by atoms with Gasteiger partial charge in [0.15, 0.2) is 0 Å². The van der Waals surface area contributed by atoms with Crippen molar-refractivity contribution in [1.29, 1.82) is 0 Å². The fourth-order valence-electron chi connectivity index (χ4n) is 3.25. The summed E-state index contributed by atoms with van der Waals surface area (Å²) in [6.07, 6.45) is 10.1. The van der Waals surface area contributed by atoms with E-state index in [2.05, 4.69) is 22.0 Å². The summed E-state index contributed by atoms with van der Waals surface area (Å²) in [6, 6.07) is 0. The van der Waals surface area contributed by atoms with Crippen molar-refractivity contribution in [3.63, 3.8) is 0 Å². The van der Waals surface area contributed by atoms with Gasteiger partial charge < -0.3 is 9.05 Å². The van der Waals surface area contributed by atoms with Crippen molar-refractivity contribution < 1.29 is 9.05 Å². The Labute approximate surface area is 144 Å². The van der Waals surface area contributed by atoms with E-state index in [4.69, 9.17) is 20.2 Å². The minimum Gasteiger partial charge on any atom is -0.337 e. The van der Waals surface area contributed by atoms with E-state index < -0.39 is 16.6 Å². The van der Waals surface area contributed by atoms with E-state index in [1.165, 1.54) is 25.7 Å². The fourth-order valence-corrected chi connectivity index (χ4v) is 12.8. The van der Waals surface area contributed by atoms with Gasteiger partial charge in [0.05, 0.1) is 12.2 Å². The van der Waals surface area contributed by atoms with E-state index in [1.54, 1.807) is 0 Å². The third kappa shape index (κ3) is 3.91. The molecule has 0 amide bonds. The molecule has 0 aromatic carbocycles. The molecule has 0 aromatic heterocycles. The zero-order valence-electron chi connectivity index (χ0n) is 13.6. The topological polar surface area (TPSA) is 24.9 Å². The minimum atomic E-state index is -0.527. The largest absolute Gasteiger partial charge is 0.337 e. The lowest BCUT2D eigenvalue weighted by atomic mass is 9.95. The Balaban J connectivity index is 1.88. The van der Waals surface area contributed by atoms with Crippen molar-refractivity contribution in [2.24, 2.45) is 0 Å². The first-order valence-electron chi connectivity index (χ1n) is 8.60. The van der Waals surface area contributed by atoms with Gasteiger partial charge in [-0.3, -0.25) is 0 Å². The van der Waals surface area contributed by atoms with Crippen molar-refractivity contribution in [1.82, 2.24) is 8.15 Å². The van der Waals surface area contributed by atoms with Gasteiger partial charge in [0.25, 0.3) is 0 Å². The van der Waals surface area contributed by atoms with Gasteiger partial charge >= 0.3 is 0 Å². The maximum atomic E-state index is 6.61.